The molecule has 1 rings (SSSR count). The fourth-order valence-corrected chi connectivity index (χ4v) is 4.27. The Morgan fingerprint density at radius 1 is 0.970 bits per heavy atom. The molecule has 190 valence electrons. The van der Waals surface area contributed by atoms with Crippen molar-refractivity contribution in [3.05, 3.63) is 0 Å². The van der Waals surface area contributed by atoms with Gasteiger partial charge < -0.3 is 20.3 Å². The number of rotatable bonds is 17. The molecule has 33 heavy (non-hydrogen) atoms. The highest BCUT2D eigenvalue weighted by molar-refractivity contribution is 7.80. The van der Waals surface area contributed by atoms with E-state index in [4.69, 9.17) is 17.0 Å². The van der Waals surface area contributed by atoms with E-state index >= 15 is 0 Å². The van der Waals surface area contributed by atoms with Crippen LogP contribution in [0, 0.1) is 0 Å². The highest BCUT2D eigenvalue weighted by Crippen LogP contribution is 2.12. The Kier molecular flexibility index (Phi) is 16.6. The number of hydrogen-bond acceptors (Lipinski definition) is 5. The molecule has 0 radical (unpaired) electrons. The molecule has 1 heterocycles. The van der Waals surface area contributed by atoms with Gasteiger partial charge in [-0.15, -0.1) is 0 Å². The summed E-state index contributed by atoms with van der Waals surface area (Å²) in [5, 5.41) is 5.72. The molecule has 0 saturated carbocycles. The third-order valence-corrected chi connectivity index (χ3v) is 6.30. The van der Waals surface area contributed by atoms with Crippen molar-refractivity contribution < 1.29 is 19.1 Å². The summed E-state index contributed by atoms with van der Waals surface area (Å²) in [6.07, 6.45) is 15.1. The molecule has 0 bridgehead atoms. The average Bonchev–Trinajstić information content (AvgIpc) is 2.79. The van der Waals surface area contributed by atoms with Gasteiger partial charge in [-0.05, 0) is 25.1 Å². The van der Waals surface area contributed by atoms with Crippen LogP contribution in [0.4, 0.5) is 0 Å². The largest absolute Gasteiger partial charge is 0.466 e. The molecule has 1 fully saturated rings. The molecule has 0 aromatic heterocycles. The van der Waals surface area contributed by atoms with Gasteiger partial charge in [0.15, 0.2) is 5.11 Å². The minimum absolute atomic E-state index is 0.0735. The summed E-state index contributed by atoms with van der Waals surface area (Å²) in [5.41, 5.74) is 0. The third-order valence-electron chi connectivity index (χ3n) is 5.97. The van der Waals surface area contributed by atoms with Gasteiger partial charge in [0.2, 0.25) is 11.8 Å². The zero-order chi connectivity index (χ0) is 24.3. The zero-order valence-corrected chi connectivity index (χ0v) is 21.6. The number of amides is 2. The Morgan fingerprint density at radius 2 is 1.55 bits per heavy atom. The monoisotopic (exact) mass is 483 g/mol. The summed E-state index contributed by atoms with van der Waals surface area (Å²) in [6.45, 7) is 5.63. The maximum Gasteiger partial charge on any atom is 0.308 e. The minimum Gasteiger partial charge on any atom is -0.466 e. The molecule has 0 spiro atoms. The van der Waals surface area contributed by atoms with E-state index in [9.17, 15) is 14.4 Å². The van der Waals surface area contributed by atoms with Gasteiger partial charge in [0, 0.05) is 19.5 Å². The van der Waals surface area contributed by atoms with E-state index in [-0.39, 0.29) is 23.3 Å². The number of carbonyl (C=O) groups excluding carboxylic acids is 3. The van der Waals surface area contributed by atoms with Gasteiger partial charge >= 0.3 is 5.97 Å². The smallest absolute Gasteiger partial charge is 0.308 e. The van der Waals surface area contributed by atoms with Gasteiger partial charge in [0.05, 0.1) is 13.0 Å². The van der Waals surface area contributed by atoms with E-state index in [1.807, 2.05) is 0 Å². The number of unbranched alkanes of at least 4 members (excludes halogenated alkanes) is 11. The molecule has 2 N–H and O–H groups in total. The van der Waals surface area contributed by atoms with Crippen molar-refractivity contribution in [2.24, 2.45) is 0 Å². The number of nitrogens with zero attached hydrogens (tertiary/aromatic N) is 1. The summed E-state index contributed by atoms with van der Waals surface area (Å²) >= 11 is 5.39. The second-order valence-electron chi connectivity index (χ2n) is 8.92. The molecule has 1 atom stereocenters. The summed E-state index contributed by atoms with van der Waals surface area (Å²) in [6, 6.07) is -0.748. The van der Waals surface area contributed by atoms with E-state index < -0.39 is 12.0 Å². The van der Waals surface area contributed by atoms with Crippen molar-refractivity contribution in [3.8, 4) is 0 Å². The van der Waals surface area contributed by atoms with Gasteiger partial charge in [-0.25, -0.2) is 0 Å². The fraction of sp³-hybridized carbons (Fsp3) is 0.840. The second-order valence-corrected chi connectivity index (χ2v) is 9.30. The molecule has 1 aliphatic rings. The Hall–Kier alpha value is -1.70. The van der Waals surface area contributed by atoms with Crippen LogP contribution in [-0.2, 0) is 19.1 Å². The number of piperazine rings is 1. The number of hydrogen-bond donors (Lipinski definition) is 2. The van der Waals surface area contributed by atoms with Crippen LogP contribution >= 0.6 is 12.2 Å². The molecule has 1 saturated heterocycles. The molecule has 2 amide bonds. The van der Waals surface area contributed by atoms with Crippen molar-refractivity contribution in [2.75, 3.05) is 19.7 Å². The van der Waals surface area contributed by atoms with E-state index in [2.05, 4.69) is 24.5 Å². The van der Waals surface area contributed by atoms with E-state index in [0.717, 1.165) is 44.9 Å². The molecule has 7 nitrogen and oxygen atoms in total. The molecular weight excluding hydrogens is 438 g/mol. The predicted molar refractivity (Wildman–Crippen MR) is 136 cm³/mol. The fourth-order valence-electron chi connectivity index (χ4n) is 3.94. The van der Waals surface area contributed by atoms with Gasteiger partial charge in [-0.1, -0.05) is 84.5 Å². The zero-order valence-electron chi connectivity index (χ0n) is 20.8. The topological polar surface area (TPSA) is 87.7 Å². The van der Waals surface area contributed by atoms with E-state index in [1.165, 1.54) is 38.5 Å². The van der Waals surface area contributed by atoms with Crippen LogP contribution < -0.4 is 10.6 Å². The van der Waals surface area contributed by atoms with Crippen molar-refractivity contribution in [1.29, 1.82) is 0 Å². The first-order valence-corrected chi connectivity index (χ1v) is 13.4. The summed E-state index contributed by atoms with van der Waals surface area (Å²) in [4.78, 5) is 38.6. The van der Waals surface area contributed by atoms with Gasteiger partial charge in [0.1, 0.15) is 6.04 Å². The minimum atomic E-state index is -0.748. The molecule has 0 aromatic carbocycles. The number of ether oxygens (including phenoxy) is 1. The molecule has 0 aromatic rings. The molecular formula is C25H45N3O4S. The van der Waals surface area contributed by atoms with Crippen molar-refractivity contribution >= 4 is 35.1 Å². The first-order valence-electron chi connectivity index (χ1n) is 13.0. The summed E-state index contributed by atoms with van der Waals surface area (Å²) in [7, 11) is 0. The van der Waals surface area contributed by atoms with Crippen LogP contribution in [0.3, 0.4) is 0 Å². The van der Waals surface area contributed by atoms with Crippen molar-refractivity contribution in [1.82, 2.24) is 15.5 Å². The van der Waals surface area contributed by atoms with Gasteiger partial charge in [-0.3, -0.25) is 14.4 Å². The molecule has 1 unspecified atom stereocenters. The standard InChI is InChI=1S/C25H45N3O4S/c1-3-5-7-9-10-11-13-15-19-32-23(30)20-21-24(31)26-17-18-28(21)25(33)27-22(29)16-14-12-8-6-4-2/h21H,3-20H2,1-2H3,(H,26,31)(H,27,29,33). The average molecular weight is 484 g/mol. The predicted octanol–water partition coefficient (Wildman–Crippen LogP) is 4.62. The van der Waals surface area contributed by atoms with Crippen LogP contribution in [0.15, 0.2) is 0 Å². The summed E-state index contributed by atoms with van der Waals surface area (Å²) < 4.78 is 5.36. The second kappa shape index (κ2) is 18.7. The van der Waals surface area contributed by atoms with E-state index in [0.29, 0.717) is 26.1 Å². The molecule has 8 heteroatoms. The first kappa shape index (κ1) is 29.3. The van der Waals surface area contributed by atoms with Crippen LogP contribution in [0.25, 0.3) is 0 Å². The van der Waals surface area contributed by atoms with Crippen molar-refractivity contribution in [2.45, 2.75) is 116 Å². The maximum atomic E-state index is 12.4. The Balaban J connectivity index is 2.33. The van der Waals surface area contributed by atoms with E-state index in [1.54, 1.807) is 4.90 Å². The summed E-state index contributed by atoms with van der Waals surface area (Å²) in [5.74, 6) is -0.810. The Bertz CT molecular complexity index is 600. The number of carbonyl (C=O) groups is 3. The molecule has 1 aliphatic heterocycles. The lowest BCUT2D eigenvalue weighted by Gasteiger charge is -2.36. The number of nitrogens with one attached hydrogen (secondary N) is 2. The molecule has 0 aliphatic carbocycles. The first-order chi connectivity index (χ1) is 16.0. The van der Waals surface area contributed by atoms with Crippen LogP contribution in [0.2, 0.25) is 0 Å². The highest BCUT2D eigenvalue weighted by Gasteiger charge is 2.34. The lowest BCUT2D eigenvalue weighted by Crippen LogP contribution is -2.60. The Labute approximate surface area is 205 Å². The van der Waals surface area contributed by atoms with Crippen LogP contribution in [0.1, 0.15) is 110 Å². The van der Waals surface area contributed by atoms with Crippen LogP contribution in [-0.4, -0.2) is 53.5 Å². The van der Waals surface area contributed by atoms with Gasteiger partial charge in [0.25, 0.3) is 0 Å². The van der Waals surface area contributed by atoms with Crippen LogP contribution in [0.5, 0.6) is 0 Å². The number of thiocarbonyl (C=S) groups is 1. The lowest BCUT2D eigenvalue weighted by molar-refractivity contribution is -0.147. The maximum absolute atomic E-state index is 12.4. The lowest BCUT2D eigenvalue weighted by atomic mass is 10.1. The third kappa shape index (κ3) is 13.6. The Morgan fingerprint density at radius 3 is 2.18 bits per heavy atom. The SMILES string of the molecule is CCCCCCCCCCOC(=O)CC1C(=O)NCCN1C(=S)NC(=O)CCCCCCC. The number of esters is 1. The normalized spacial score (nSPS) is 15.8. The van der Waals surface area contributed by atoms with Crippen molar-refractivity contribution in [3.63, 3.8) is 0 Å². The van der Waals surface area contributed by atoms with Gasteiger partial charge in [-0.2, -0.15) is 0 Å². The highest BCUT2D eigenvalue weighted by atomic mass is 32.1. The quantitative estimate of drug-likeness (QED) is 0.178.